The molecule has 3 aliphatic heterocycles. The van der Waals surface area contributed by atoms with Crippen LogP contribution in [0.3, 0.4) is 0 Å². The average Bonchev–Trinajstić information content (AvgIpc) is 0.731. The molecule has 19 nitrogen and oxygen atoms in total. The van der Waals surface area contributed by atoms with Crippen LogP contribution in [0, 0.1) is 0 Å². The first-order chi connectivity index (χ1) is 63.7. The summed E-state index contributed by atoms with van der Waals surface area (Å²) in [7, 11) is 4.98. The number of anilines is 1. The van der Waals surface area contributed by atoms with E-state index < -0.39 is 0 Å². The lowest BCUT2D eigenvalue weighted by atomic mass is 9.93. The number of hydrogen-bond acceptors (Lipinski definition) is 19. The molecule has 19 aromatic rings. The smallest absolute Gasteiger partial charge is 0.170 e. The third-order valence-electron chi connectivity index (χ3n) is 23.5. The Hall–Kier alpha value is -16.3. The first-order valence-corrected chi connectivity index (χ1v) is 42.9. The molecule has 0 spiro atoms. The molecule has 19 heteroatoms. The summed E-state index contributed by atoms with van der Waals surface area (Å²) in [5, 5.41) is 16.2. The standard InChI is InChI=1S/C110H83NO18/c1-112-93-47-76-78(82-54-100-103(120-45-42-117-100)57-85(82)90-62-108(127-72-29-16-7-17-30-72)105(59-87(76)90)124-69-23-10-4-11-24-69)50-96(93)115-40-22-39-111(66-123-98-52-80-77(49-95(98)114-3)88-60-106(125-70-25-12-5-13-26-70)109(128-73-31-18-8-19-32-73)63-91(88)86-58-104-101(55-83(80)86)118-43-46-121-104)68-37-35-67(36-38-68)65-122-97-51-79-75(48-94(97)113-2)81-53-99-102(119-44-41-116-99)56-84(81)92-64-110(129-74-33-20-9-21-34-74)107(61-89(79)92)126-71-27-14-6-15-28-71/h4-21,23-38,47-64H,22,39-46,65-66H2,1-3H3. The van der Waals surface area contributed by atoms with E-state index in [4.69, 9.17) is 85.3 Å². The lowest BCUT2D eigenvalue weighted by Crippen LogP contribution is -2.30. The largest absolute Gasteiger partial charge is 0.493 e. The van der Waals surface area contributed by atoms with E-state index in [-0.39, 0.29) is 19.9 Å². The Kier molecular flexibility index (Phi) is 20.9. The number of rotatable bonds is 27. The van der Waals surface area contributed by atoms with Crippen LogP contribution in [-0.2, 0) is 6.61 Å². The molecule has 129 heavy (non-hydrogen) atoms. The summed E-state index contributed by atoms with van der Waals surface area (Å²) < 4.78 is 118. The van der Waals surface area contributed by atoms with Crippen molar-refractivity contribution in [1.82, 2.24) is 0 Å². The van der Waals surface area contributed by atoms with Gasteiger partial charge in [-0.3, -0.25) is 0 Å². The summed E-state index contributed by atoms with van der Waals surface area (Å²) in [4.78, 5) is 2.19. The van der Waals surface area contributed by atoms with Gasteiger partial charge in [0.1, 0.15) is 80.7 Å². The van der Waals surface area contributed by atoms with Crippen molar-refractivity contribution in [2.75, 3.05) is 85.8 Å². The molecule has 0 amide bonds. The maximum atomic E-state index is 7.20. The van der Waals surface area contributed by atoms with Crippen molar-refractivity contribution < 1.29 is 85.3 Å². The van der Waals surface area contributed by atoms with Crippen LogP contribution in [0.15, 0.2) is 315 Å². The SMILES string of the molecule is COc1cc2c(cc1OCCCN(COc1cc3c(cc1OC)c1cc(Oc4ccccc4)c(Oc4ccccc4)cc1c1cc4c(cc31)OCCO4)c1ccc(COc3cc4c(cc3OC)c3cc5c(cc3c3cc(Oc6ccccc6)c(Oc6ccccc6)cc43)OCCO5)cc1)c1cc3c(cc1c1cc(Oc4ccccc4)c(Oc4ccccc4)cc21)OCCO3. The summed E-state index contributed by atoms with van der Waals surface area (Å²) in [6.07, 6.45) is 0.523. The van der Waals surface area contributed by atoms with Crippen LogP contribution in [0.2, 0.25) is 0 Å². The first-order valence-electron chi connectivity index (χ1n) is 42.9. The number of ether oxygens (including phenoxy) is 18. The van der Waals surface area contributed by atoms with Crippen LogP contribution in [0.1, 0.15) is 12.0 Å². The highest BCUT2D eigenvalue weighted by Gasteiger charge is 2.28. The van der Waals surface area contributed by atoms with Gasteiger partial charge in [0.15, 0.2) is 110 Å². The van der Waals surface area contributed by atoms with Gasteiger partial charge in [0.2, 0.25) is 0 Å². The molecule has 0 radical (unpaired) electrons. The van der Waals surface area contributed by atoms with E-state index in [0.29, 0.717) is 191 Å². The maximum Gasteiger partial charge on any atom is 0.170 e. The van der Waals surface area contributed by atoms with Gasteiger partial charge in [0.25, 0.3) is 0 Å². The molecule has 0 atom stereocenters. The van der Waals surface area contributed by atoms with Crippen LogP contribution in [0.4, 0.5) is 5.69 Å². The molecule has 22 rings (SSSR count). The van der Waals surface area contributed by atoms with Crippen LogP contribution in [-0.4, -0.2) is 80.9 Å². The Morgan fingerprint density at radius 1 is 0.225 bits per heavy atom. The Labute approximate surface area is 741 Å². The van der Waals surface area contributed by atoms with Crippen molar-refractivity contribution in [2.45, 2.75) is 13.0 Å². The second kappa shape index (κ2) is 34.3. The minimum Gasteiger partial charge on any atom is -0.493 e. The number of hydrogen-bond donors (Lipinski definition) is 0. The minimum atomic E-state index is 0.0736. The highest BCUT2D eigenvalue weighted by Crippen LogP contribution is 2.54. The fourth-order valence-electron chi connectivity index (χ4n) is 17.4. The number of methoxy groups -OCH3 is 3. The molecular weight excluding hydrogens is 1620 g/mol. The predicted octanol–water partition coefficient (Wildman–Crippen LogP) is 27.0. The molecule has 0 aromatic heterocycles. The quantitative estimate of drug-likeness (QED) is 0.0270. The molecule has 636 valence electrons. The number of fused-ring (bicyclic) bond motifs is 21. The molecule has 0 bridgehead atoms. The first kappa shape index (κ1) is 78.7. The lowest BCUT2D eigenvalue weighted by Gasteiger charge is -2.26. The summed E-state index contributed by atoms with van der Waals surface area (Å²) in [6, 6.07) is 103. The van der Waals surface area contributed by atoms with E-state index in [0.717, 1.165) is 108 Å². The zero-order chi connectivity index (χ0) is 86.3. The zero-order valence-electron chi connectivity index (χ0n) is 70.6. The Morgan fingerprint density at radius 3 is 0.690 bits per heavy atom. The Morgan fingerprint density at radius 2 is 0.442 bits per heavy atom. The van der Waals surface area contributed by atoms with E-state index in [1.54, 1.807) is 21.3 Å². The minimum absolute atomic E-state index is 0.0736. The lowest BCUT2D eigenvalue weighted by molar-refractivity contribution is 0.172. The van der Waals surface area contributed by atoms with Crippen molar-refractivity contribution in [3.05, 3.63) is 321 Å². The highest BCUT2D eigenvalue weighted by atomic mass is 16.6. The van der Waals surface area contributed by atoms with Crippen LogP contribution < -0.4 is 90.2 Å². The normalized spacial score (nSPS) is 12.6. The van der Waals surface area contributed by atoms with Crippen LogP contribution in [0.25, 0.3) is 97.0 Å². The molecule has 0 aliphatic carbocycles. The molecule has 0 fully saturated rings. The van der Waals surface area contributed by atoms with Crippen molar-refractivity contribution in [2.24, 2.45) is 0 Å². The molecule has 0 unspecified atom stereocenters. The van der Waals surface area contributed by atoms with Gasteiger partial charge in [-0.25, -0.2) is 0 Å². The zero-order valence-corrected chi connectivity index (χ0v) is 70.6. The highest BCUT2D eigenvalue weighted by molar-refractivity contribution is 6.29. The fourth-order valence-corrected chi connectivity index (χ4v) is 17.4. The van der Waals surface area contributed by atoms with Crippen LogP contribution in [0.5, 0.6) is 138 Å². The van der Waals surface area contributed by atoms with E-state index in [1.807, 2.05) is 237 Å². The summed E-state index contributed by atoms with van der Waals surface area (Å²) in [5.41, 5.74) is 1.76. The molecular formula is C110H83NO18. The van der Waals surface area contributed by atoms with E-state index in [9.17, 15) is 0 Å². The summed E-state index contributed by atoms with van der Waals surface area (Å²) in [6.45, 7) is 3.48. The van der Waals surface area contributed by atoms with E-state index in [2.05, 4.69) is 83.8 Å². The number of nitrogens with zero attached hydrogens (tertiary/aromatic N) is 1. The molecule has 0 saturated carbocycles. The third kappa shape index (κ3) is 15.6. The van der Waals surface area contributed by atoms with Crippen molar-refractivity contribution in [3.63, 3.8) is 0 Å². The topological polar surface area (TPSA) is 169 Å². The van der Waals surface area contributed by atoms with Gasteiger partial charge < -0.3 is 90.2 Å². The predicted molar refractivity (Wildman–Crippen MR) is 502 cm³/mol. The summed E-state index contributed by atoms with van der Waals surface area (Å²) >= 11 is 0. The second-order valence-corrected chi connectivity index (χ2v) is 31.5. The Bertz CT molecular complexity index is 7500. The van der Waals surface area contributed by atoms with Crippen molar-refractivity contribution >= 4 is 103 Å². The van der Waals surface area contributed by atoms with E-state index >= 15 is 0 Å². The van der Waals surface area contributed by atoms with Crippen LogP contribution >= 0.6 is 0 Å². The number of para-hydroxylation sites is 6. The average molecular weight is 1710 g/mol. The number of benzene rings is 19. The third-order valence-corrected chi connectivity index (χ3v) is 23.5. The van der Waals surface area contributed by atoms with Crippen molar-refractivity contribution in [1.29, 1.82) is 0 Å². The van der Waals surface area contributed by atoms with Crippen molar-refractivity contribution in [3.8, 4) is 138 Å². The maximum absolute atomic E-state index is 7.20. The van der Waals surface area contributed by atoms with Gasteiger partial charge in [0.05, 0.1) is 27.9 Å². The molecule has 19 aromatic carbocycles. The molecule has 3 heterocycles. The molecule has 0 N–H and O–H groups in total. The van der Waals surface area contributed by atoms with E-state index in [1.165, 1.54) is 0 Å². The van der Waals surface area contributed by atoms with Gasteiger partial charge >= 0.3 is 0 Å². The molecule has 0 saturated heterocycles. The van der Waals surface area contributed by atoms with Gasteiger partial charge in [-0.05, 0) is 303 Å². The Balaban J connectivity index is 0.624. The van der Waals surface area contributed by atoms with Gasteiger partial charge in [0, 0.05) is 12.2 Å². The van der Waals surface area contributed by atoms with Gasteiger partial charge in [-0.1, -0.05) is 121 Å². The van der Waals surface area contributed by atoms with Gasteiger partial charge in [-0.2, -0.15) is 0 Å². The monoisotopic (exact) mass is 1710 g/mol. The van der Waals surface area contributed by atoms with Gasteiger partial charge in [-0.15, -0.1) is 0 Å². The second-order valence-electron chi connectivity index (χ2n) is 31.5. The summed E-state index contributed by atoms with van der Waals surface area (Å²) in [5.74, 6) is 14.1. The molecule has 3 aliphatic rings. The fraction of sp³-hybridized carbons (Fsp3) is 0.127.